The summed E-state index contributed by atoms with van der Waals surface area (Å²) in [5.74, 6) is 0. The highest BCUT2D eigenvalue weighted by molar-refractivity contribution is 5.17. The van der Waals surface area contributed by atoms with Crippen molar-refractivity contribution < 1.29 is 0 Å². The average molecular weight is 127 g/mol. The lowest BCUT2D eigenvalue weighted by Crippen LogP contribution is -2.10. The largest absolute Gasteiger partial charge is 0.405 e. The van der Waals surface area contributed by atoms with Gasteiger partial charge < -0.3 is 16.8 Å². The Morgan fingerprint density at radius 3 is 2.56 bits per heavy atom. The van der Waals surface area contributed by atoms with Gasteiger partial charge in [0.05, 0.1) is 0 Å². The van der Waals surface area contributed by atoms with Gasteiger partial charge in [-0.05, 0) is 31.1 Å². The Morgan fingerprint density at radius 2 is 2.22 bits per heavy atom. The van der Waals surface area contributed by atoms with Gasteiger partial charge in [0.15, 0.2) is 0 Å². The van der Waals surface area contributed by atoms with E-state index in [1.54, 1.807) is 6.08 Å². The van der Waals surface area contributed by atoms with Crippen molar-refractivity contribution in [3.63, 3.8) is 0 Å². The quantitative estimate of drug-likeness (QED) is 0.449. The van der Waals surface area contributed by atoms with Crippen molar-refractivity contribution >= 4 is 0 Å². The third-order valence-electron chi connectivity index (χ3n) is 0.905. The Labute approximate surface area is 55.4 Å². The number of likely N-dealkylation sites (N-methyl/N-ethyl adjacent to an activating group) is 1. The summed E-state index contributed by atoms with van der Waals surface area (Å²) >= 11 is 0. The molecule has 52 valence electrons. The molecule has 0 radical (unpaired) electrons. The van der Waals surface area contributed by atoms with E-state index in [0.717, 1.165) is 12.1 Å². The predicted molar refractivity (Wildman–Crippen MR) is 39.5 cm³/mol. The number of rotatable bonds is 3. The van der Waals surface area contributed by atoms with Crippen LogP contribution in [0.1, 0.15) is 0 Å². The summed E-state index contributed by atoms with van der Waals surface area (Å²) in [7, 11) is 1.86. The summed E-state index contributed by atoms with van der Waals surface area (Å²) in [6.45, 7) is 0.754. The maximum atomic E-state index is 5.24. The van der Waals surface area contributed by atoms with Crippen LogP contribution >= 0.6 is 0 Å². The smallest absolute Gasteiger partial charge is 0.0217 e. The number of hydrogen-bond donors (Lipinski definition) is 3. The standard InChI is InChI=1S/C6H13N3/c1-9-5-6(4-8)2-3-7/h2-4,9H,5,7-8H2,1H3/b3-2-,6-4?. The molecule has 0 atom stereocenters. The second-order valence-electron chi connectivity index (χ2n) is 1.63. The van der Waals surface area contributed by atoms with Crippen molar-refractivity contribution in [1.82, 2.24) is 5.32 Å². The monoisotopic (exact) mass is 127 g/mol. The van der Waals surface area contributed by atoms with E-state index in [0.29, 0.717) is 0 Å². The van der Waals surface area contributed by atoms with Gasteiger partial charge in [-0.1, -0.05) is 0 Å². The molecule has 0 heterocycles. The summed E-state index contributed by atoms with van der Waals surface area (Å²) < 4.78 is 0. The minimum atomic E-state index is 0.754. The number of nitrogens with one attached hydrogen (secondary N) is 1. The average Bonchev–Trinajstić information content (AvgIpc) is 1.88. The van der Waals surface area contributed by atoms with Crippen LogP contribution in [0.15, 0.2) is 24.0 Å². The molecule has 0 aliphatic heterocycles. The third kappa shape index (κ3) is 3.61. The van der Waals surface area contributed by atoms with Crippen LogP contribution in [0.3, 0.4) is 0 Å². The fourth-order valence-electron chi connectivity index (χ4n) is 0.501. The molecule has 0 bridgehead atoms. The molecule has 0 unspecified atom stereocenters. The van der Waals surface area contributed by atoms with Gasteiger partial charge in [0.1, 0.15) is 0 Å². The van der Waals surface area contributed by atoms with Crippen molar-refractivity contribution in [1.29, 1.82) is 0 Å². The first-order valence-electron chi connectivity index (χ1n) is 2.78. The number of nitrogens with two attached hydrogens (primary N) is 2. The molecule has 0 saturated carbocycles. The topological polar surface area (TPSA) is 64.1 Å². The molecule has 5 N–H and O–H groups in total. The maximum Gasteiger partial charge on any atom is 0.0217 e. The molecule has 0 rings (SSSR count). The van der Waals surface area contributed by atoms with E-state index in [4.69, 9.17) is 11.5 Å². The van der Waals surface area contributed by atoms with Gasteiger partial charge in [0.2, 0.25) is 0 Å². The Bertz CT molecular complexity index is 115. The third-order valence-corrected chi connectivity index (χ3v) is 0.905. The van der Waals surface area contributed by atoms with E-state index < -0.39 is 0 Å². The highest BCUT2D eigenvalue weighted by atomic mass is 14.8. The summed E-state index contributed by atoms with van der Waals surface area (Å²) in [5, 5.41) is 2.95. The fraction of sp³-hybridized carbons (Fsp3) is 0.333. The van der Waals surface area contributed by atoms with Crippen LogP contribution in [0.2, 0.25) is 0 Å². The molecular formula is C6H13N3. The van der Waals surface area contributed by atoms with E-state index in [2.05, 4.69) is 5.32 Å². The van der Waals surface area contributed by atoms with E-state index in [-0.39, 0.29) is 0 Å². The lowest BCUT2D eigenvalue weighted by Gasteiger charge is -1.96. The first-order valence-corrected chi connectivity index (χ1v) is 2.78. The van der Waals surface area contributed by atoms with Gasteiger partial charge in [-0.2, -0.15) is 0 Å². The SMILES string of the molecule is CNCC(=CN)/C=C\N. The molecule has 9 heavy (non-hydrogen) atoms. The van der Waals surface area contributed by atoms with Gasteiger partial charge in [0, 0.05) is 6.54 Å². The highest BCUT2D eigenvalue weighted by Gasteiger charge is 1.84. The van der Waals surface area contributed by atoms with Crippen LogP contribution in [0.5, 0.6) is 0 Å². The van der Waals surface area contributed by atoms with Crippen LogP contribution < -0.4 is 16.8 Å². The van der Waals surface area contributed by atoms with E-state index in [1.165, 1.54) is 12.4 Å². The van der Waals surface area contributed by atoms with Crippen LogP contribution in [0.4, 0.5) is 0 Å². The minimum absolute atomic E-state index is 0.754. The Hall–Kier alpha value is -0.960. The highest BCUT2D eigenvalue weighted by Crippen LogP contribution is 1.88. The zero-order chi connectivity index (χ0) is 7.11. The fourth-order valence-corrected chi connectivity index (χ4v) is 0.501. The molecule has 0 fully saturated rings. The molecule has 0 amide bonds. The Balaban J connectivity index is 3.70. The summed E-state index contributed by atoms with van der Waals surface area (Å²) in [6.07, 6.45) is 4.76. The predicted octanol–water partition coefficient (Wildman–Crippen LogP) is -0.479. The van der Waals surface area contributed by atoms with E-state index >= 15 is 0 Å². The van der Waals surface area contributed by atoms with E-state index in [1.807, 2.05) is 7.05 Å². The van der Waals surface area contributed by atoms with Gasteiger partial charge >= 0.3 is 0 Å². The first kappa shape index (κ1) is 8.04. The first-order chi connectivity index (χ1) is 4.35. The van der Waals surface area contributed by atoms with Gasteiger partial charge in [-0.25, -0.2) is 0 Å². The normalized spacial score (nSPS) is 12.8. The van der Waals surface area contributed by atoms with Crippen LogP contribution in [-0.2, 0) is 0 Å². The van der Waals surface area contributed by atoms with Gasteiger partial charge in [0.25, 0.3) is 0 Å². The summed E-state index contributed by atoms with van der Waals surface area (Å²) in [5.41, 5.74) is 11.4. The molecule has 3 nitrogen and oxygen atoms in total. The lowest BCUT2D eigenvalue weighted by atomic mass is 10.3. The van der Waals surface area contributed by atoms with Gasteiger partial charge in [-0.3, -0.25) is 0 Å². The minimum Gasteiger partial charge on any atom is -0.405 e. The summed E-state index contributed by atoms with van der Waals surface area (Å²) in [4.78, 5) is 0. The van der Waals surface area contributed by atoms with Crippen molar-refractivity contribution in [3.8, 4) is 0 Å². The Kier molecular flexibility index (Phi) is 4.63. The van der Waals surface area contributed by atoms with Crippen molar-refractivity contribution in [3.05, 3.63) is 24.0 Å². The molecule has 0 saturated heterocycles. The molecule has 3 heteroatoms. The van der Waals surface area contributed by atoms with Crippen LogP contribution in [-0.4, -0.2) is 13.6 Å². The zero-order valence-electron chi connectivity index (χ0n) is 5.59. The number of hydrogen-bond acceptors (Lipinski definition) is 3. The van der Waals surface area contributed by atoms with Crippen LogP contribution in [0.25, 0.3) is 0 Å². The van der Waals surface area contributed by atoms with Crippen molar-refractivity contribution in [2.75, 3.05) is 13.6 Å². The summed E-state index contributed by atoms with van der Waals surface area (Å²) in [6, 6.07) is 0. The molecule has 0 aromatic rings. The second-order valence-corrected chi connectivity index (χ2v) is 1.63. The van der Waals surface area contributed by atoms with Gasteiger partial charge in [-0.15, -0.1) is 0 Å². The molecular weight excluding hydrogens is 114 g/mol. The zero-order valence-corrected chi connectivity index (χ0v) is 5.59. The van der Waals surface area contributed by atoms with Crippen molar-refractivity contribution in [2.45, 2.75) is 0 Å². The van der Waals surface area contributed by atoms with E-state index in [9.17, 15) is 0 Å². The lowest BCUT2D eigenvalue weighted by molar-refractivity contribution is 0.892. The second kappa shape index (κ2) is 5.18. The molecule has 0 spiro atoms. The molecule has 0 aliphatic carbocycles. The van der Waals surface area contributed by atoms with Crippen LogP contribution in [0, 0.1) is 0 Å². The molecule has 0 aromatic carbocycles. The maximum absolute atomic E-state index is 5.24. The van der Waals surface area contributed by atoms with Crippen molar-refractivity contribution in [2.24, 2.45) is 11.5 Å². The Morgan fingerprint density at radius 1 is 1.56 bits per heavy atom. The molecule has 0 aromatic heterocycles. The molecule has 0 aliphatic rings.